The summed E-state index contributed by atoms with van der Waals surface area (Å²) in [6.07, 6.45) is 0. The molecule has 0 heterocycles. The van der Waals surface area contributed by atoms with Crippen LogP contribution in [0.3, 0.4) is 0 Å². The van der Waals surface area contributed by atoms with Crippen molar-refractivity contribution in [1.82, 2.24) is 10.4 Å². The maximum atomic E-state index is 12.9. The highest BCUT2D eigenvalue weighted by Crippen LogP contribution is 2.19. The Kier molecular flexibility index (Phi) is 7.00. The maximum Gasteiger partial charge on any atom is 0.322 e. The van der Waals surface area contributed by atoms with E-state index in [9.17, 15) is 9.59 Å². The molecule has 3 amide bonds. The van der Waals surface area contributed by atoms with Gasteiger partial charge in [-0.3, -0.25) is 10.0 Å². The minimum Gasteiger partial charge on any atom is -0.308 e. The van der Waals surface area contributed by atoms with E-state index in [4.69, 9.17) is 16.8 Å². The smallest absolute Gasteiger partial charge is 0.308 e. The number of hydroxylamine groups is 1. The van der Waals surface area contributed by atoms with Crippen LogP contribution < -0.4 is 10.8 Å². The van der Waals surface area contributed by atoms with E-state index >= 15 is 0 Å². The van der Waals surface area contributed by atoms with Crippen molar-refractivity contribution in [3.63, 3.8) is 0 Å². The third-order valence-electron chi connectivity index (χ3n) is 3.90. The van der Waals surface area contributed by atoms with Crippen molar-refractivity contribution in [3.8, 4) is 0 Å². The highest BCUT2D eigenvalue weighted by molar-refractivity contribution is 6.30. The van der Waals surface area contributed by atoms with E-state index in [1.807, 2.05) is 44.2 Å². The average Bonchev–Trinajstić information content (AvgIpc) is 2.63. The van der Waals surface area contributed by atoms with Crippen LogP contribution in [0.25, 0.3) is 0 Å². The van der Waals surface area contributed by atoms with Crippen LogP contribution in [0, 0.1) is 5.92 Å². The van der Waals surface area contributed by atoms with Gasteiger partial charge in [0, 0.05) is 17.3 Å². The largest absolute Gasteiger partial charge is 0.322 e. The van der Waals surface area contributed by atoms with Crippen LogP contribution in [-0.4, -0.2) is 28.1 Å². The molecule has 0 aromatic heterocycles. The molecule has 0 spiro atoms. The number of carbonyl (C=O) groups is 2. The van der Waals surface area contributed by atoms with Crippen molar-refractivity contribution in [2.24, 2.45) is 5.92 Å². The molecule has 0 fully saturated rings. The number of carbonyl (C=O) groups excluding carboxylic acids is 2. The predicted molar refractivity (Wildman–Crippen MR) is 101 cm³/mol. The predicted octanol–water partition coefficient (Wildman–Crippen LogP) is 3.90. The van der Waals surface area contributed by atoms with Crippen LogP contribution in [0.15, 0.2) is 54.6 Å². The zero-order valence-electron chi connectivity index (χ0n) is 14.6. The monoisotopic (exact) mass is 375 g/mol. The van der Waals surface area contributed by atoms with E-state index in [-0.39, 0.29) is 12.5 Å². The van der Waals surface area contributed by atoms with Crippen LogP contribution in [0.1, 0.15) is 19.4 Å². The number of anilines is 1. The second-order valence-corrected chi connectivity index (χ2v) is 6.65. The number of rotatable bonds is 6. The number of benzene rings is 2. The zero-order chi connectivity index (χ0) is 19.1. The summed E-state index contributed by atoms with van der Waals surface area (Å²) < 4.78 is 0. The number of nitrogens with one attached hydrogen (secondary N) is 2. The molecule has 2 aromatic carbocycles. The van der Waals surface area contributed by atoms with Gasteiger partial charge in [0.15, 0.2) is 0 Å². The van der Waals surface area contributed by atoms with Crippen molar-refractivity contribution in [2.45, 2.75) is 26.4 Å². The lowest BCUT2D eigenvalue weighted by Crippen LogP contribution is -2.52. The minimum absolute atomic E-state index is 0.207. The second kappa shape index (κ2) is 9.22. The summed E-state index contributed by atoms with van der Waals surface area (Å²) in [5.41, 5.74) is 3.09. The number of hydrogen-bond acceptors (Lipinski definition) is 3. The number of hydrogen-bond donors (Lipinski definition) is 3. The molecular formula is C19H22ClN3O3. The molecule has 0 saturated carbocycles. The number of urea groups is 1. The van der Waals surface area contributed by atoms with Gasteiger partial charge in [-0.25, -0.2) is 10.3 Å². The average molecular weight is 376 g/mol. The maximum absolute atomic E-state index is 12.9. The third-order valence-corrected chi connectivity index (χ3v) is 4.15. The van der Waals surface area contributed by atoms with E-state index in [1.54, 1.807) is 29.7 Å². The minimum atomic E-state index is -0.840. The van der Waals surface area contributed by atoms with Crippen LogP contribution in [0.5, 0.6) is 0 Å². The first-order valence-electron chi connectivity index (χ1n) is 8.23. The van der Waals surface area contributed by atoms with Gasteiger partial charge >= 0.3 is 6.03 Å². The topological polar surface area (TPSA) is 81.7 Å². The molecule has 6 nitrogen and oxygen atoms in total. The quantitative estimate of drug-likeness (QED) is 0.529. The molecule has 1 atom stereocenters. The second-order valence-electron chi connectivity index (χ2n) is 6.22. The lowest BCUT2D eigenvalue weighted by atomic mass is 10.0. The van der Waals surface area contributed by atoms with Gasteiger partial charge < -0.3 is 10.2 Å². The molecule has 2 aromatic rings. The summed E-state index contributed by atoms with van der Waals surface area (Å²) in [4.78, 5) is 26.5. The highest BCUT2D eigenvalue weighted by atomic mass is 35.5. The first kappa shape index (κ1) is 19.8. The molecule has 0 unspecified atom stereocenters. The fourth-order valence-corrected chi connectivity index (χ4v) is 2.80. The Morgan fingerprint density at radius 1 is 1.08 bits per heavy atom. The van der Waals surface area contributed by atoms with Crippen LogP contribution >= 0.6 is 11.6 Å². The Labute approximate surface area is 157 Å². The summed E-state index contributed by atoms with van der Waals surface area (Å²) in [5.74, 6) is -0.844. The summed E-state index contributed by atoms with van der Waals surface area (Å²) in [6.45, 7) is 3.84. The molecule has 0 bridgehead atoms. The van der Waals surface area contributed by atoms with E-state index in [2.05, 4.69) is 5.32 Å². The third kappa shape index (κ3) is 5.21. The molecular weight excluding hydrogens is 354 g/mol. The fourth-order valence-electron chi connectivity index (χ4n) is 2.68. The van der Waals surface area contributed by atoms with Gasteiger partial charge in [-0.15, -0.1) is 0 Å². The van der Waals surface area contributed by atoms with E-state index in [1.165, 1.54) is 4.90 Å². The SMILES string of the molecule is CC(C)[C@@H](C(=O)NO)N(Cc1ccccc1)C(=O)Nc1ccc(Cl)cc1. The molecule has 0 radical (unpaired) electrons. The van der Waals surface area contributed by atoms with Gasteiger partial charge in [0.1, 0.15) is 6.04 Å². The number of halogens is 1. The Bertz CT molecular complexity index is 735. The Morgan fingerprint density at radius 3 is 2.23 bits per heavy atom. The molecule has 0 saturated heterocycles. The summed E-state index contributed by atoms with van der Waals surface area (Å²) in [6, 6.07) is 14.7. The van der Waals surface area contributed by atoms with Crippen LogP contribution in [-0.2, 0) is 11.3 Å². The molecule has 26 heavy (non-hydrogen) atoms. The van der Waals surface area contributed by atoms with Gasteiger partial charge in [-0.05, 0) is 35.7 Å². The van der Waals surface area contributed by atoms with E-state index < -0.39 is 18.0 Å². The zero-order valence-corrected chi connectivity index (χ0v) is 15.4. The van der Waals surface area contributed by atoms with Crippen molar-refractivity contribution in [2.75, 3.05) is 5.32 Å². The molecule has 0 aliphatic rings. The van der Waals surface area contributed by atoms with Crippen molar-refractivity contribution >= 4 is 29.2 Å². The molecule has 0 aliphatic carbocycles. The summed E-state index contributed by atoms with van der Waals surface area (Å²) in [7, 11) is 0. The summed E-state index contributed by atoms with van der Waals surface area (Å²) in [5, 5.41) is 12.4. The molecule has 138 valence electrons. The summed E-state index contributed by atoms with van der Waals surface area (Å²) >= 11 is 5.87. The standard InChI is InChI=1S/C19H22ClN3O3/c1-13(2)17(18(24)22-26)23(12-14-6-4-3-5-7-14)19(25)21-16-10-8-15(20)9-11-16/h3-11,13,17,26H,12H2,1-2H3,(H,21,25)(H,22,24)/t17-/m0/s1. The van der Waals surface area contributed by atoms with Crippen LogP contribution in [0.4, 0.5) is 10.5 Å². The van der Waals surface area contributed by atoms with Gasteiger partial charge in [0.25, 0.3) is 5.91 Å². The Hall–Kier alpha value is -2.57. The highest BCUT2D eigenvalue weighted by Gasteiger charge is 2.32. The first-order chi connectivity index (χ1) is 12.4. The van der Waals surface area contributed by atoms with E-state index in [0.29, 0.717) is 10.7 Å². The molecule has 7 heteroatoms. The van der Waals surface area contributed by atoms with Gasteiger partial charge in [-0.2, -0.15) is 0 Å². The van der Waals surface area contributed by atoms with Crippen molar-refractivity contribution < 1.29 is 14.8 Å². The molecule has 3 N–H and O–H groups in total. The van der Waals surface area contributed by atoms with Crippen molar-refractivity contribution in [1.29, 1.82) is 0 Å². The Morgan fingerprint density at radius 2 is 1.69 bits per heavy atom. The molecule has 2 rings (SSSR count). The van der Waals surface area contributed by atoms with Gasteiger partial charge in [0.05, 0.1) is 0 Å². The van der Waals surface area contributed by atoms with Gasteiger partial charge in [-0.1, -0.05) is 55.8 Å². The van der Waals surface area contributed by atoms with E-state index in [0.717, 1.165) is 5.56 Å². The van der Waals surface area contributed by atoms with Crippen LogP contribution in [0.2, 0.25) is 5.02 Å². The first-order valence-corrected chi connectivity index (χ1v) is 8.61. The number of nitrogens with zero attached hydrogens (tertiary/aromatic N) is 1. The molecule has 0 aliphatic heterocycles. The lowest BCUT2D eigenvalue weighted by molar-refractivity contribution is -0.135. The lowest BCUT2D eigenvalue weighted by Gasteiger charge is -2.33. The Balaban J connectivity index is 2.29. The van der Waals surface area contributed by atoms with Gasteiger partial charge in [0.2, 0.25) is 0 Å². The fraction of sp³-hybridized carbons (Fsp3) is 0.263. The normalized spacial score (nSPS) is 11.7. The van der Waals surface area contributed by atoms with Crippen molar-refractivity contribution in [3.05, 3.63) is 65.2 Å². The number of amides is 3.